The summed E-state index contributed by atoms with van der Waals surface area (Å²) in [6, 6.07) is 1.91. The third-order valence-corrected chi connectivity index (χ3v) is 13.7. The van der Waals surface area contributed by atoms with Gasteiger partial charge in [-0.3, -0.25) is 4.98 Å². The number of allylic oxidation sites excluding steroid dienone is 1. The summed E-state index contributed by atoms with van der Waals surface area (Å²) in [5.41, 5.74) is 2.53. The molecule has 4 fully saturated rings. The minimum Gasteiger partial charge on any atom is -0.392 e. The fourth-order valence-electron chi connectivity index (χ4n) is 11.3. The van der Waals surface area contributed by atoms with Gasteiger partial charge in [0.05, 0.1) is 30.1 Å². The Morgan fingerprint density at radius 2 is 1.77 bits per heavy atom. The van der Waals surface area contributed by atoms with Crippen molar-refractivity contribution >= 4 is 0 Å². The Morgan fingerprint density at radius 3 is 2.45 bits per heavy atom. The number of fused-ring (bicyclic) bond motifs is 4. The zero-order chi connectivity index (χ0) is 32.0. The number of aromatic nitrogens is 1. The molecule has 2 spiro atoms. The third-order valence-electron chi connectivity index (χ3n) is 13.7. The Bertz CT molecular complexity index is 1400. The maximum atomic E-state index is 12.2. The second kappa shape index (κ2) is 9.34. The summed E-state index contributed by atoms with van der Waals surface area (Å²) in [6.07, 6.45) is 0.663. The quantitative estimate of drug-likeness (QED) is 0.282. The monoisotopic (exact) mass is 613 g/mol. The van der Waals surface area contributed by atoms with Gasteiger partial charge in [0.1, 0.15) is 24.4 Å². The summed E-state index contributed by atoms with van der Waals surface area (Å²) >= 11 is 0. The van der Waals surface area contributed by atoms with E-state index in [9.17, 15) is 30.6 Å². The predicted molar refractivity (Wildman–Crippen MR) is 161 cm³/mol. The van der Waals surface area contributed by atoms with Gasteiger partial charge in [0.15, 0.2) is 6.29 Å². The number of nitrogens with zero attached hydrogens (tertiary/aromatic N) is 1. The van der Waals surface area contributed by atoms with E-state index in [1.165, 1.54) is 11.1 Å². The van der Waals surface area contributed by atoms with Crippen LogP contribution < -0.4 is 0 Å². The lowest BCUT2D eigenvalue weighted by atomic mass is 9.45. The maximum absolute atomic E-state index is 12.2. The third kappa shape index (κ3) is 3.73. The van der Waals surface area contributed by atoms with E-state index < -0.39 is 42.4 Å². The molecule has 3 saturated carbocycles. The van der Waals surface area contributed by atoms with Gasteiger partial charge in [0.2, 0.25) is 0 Å². The van der Waals surface area contributed by atoms with Crippen molar-refractivity contribution in [3.8, 4) is 0 Å². The molecule has 5 aliphatic carbocycles. The smallest absolute Gasteiger partial charge is 0.186 e. The summed E-state index contributed by atoms with van der Waals surface area (Å²) in [6.45, 7) is 14.3. The molecule has 0 amide bonds. The number of hydrogen-bond donors (Lipinski definition) is 6. The number of aliphatic hydroxyl groups is 6. The molecule has 1 aromatic rings. The van der Waals surface area contributed by atoms with Crippen LogP contribution in [0.1, 0.15) is 102 Å². The van der Waals surface area contributed by atoms with E-state index in [0.717, 1.165) is 43.4 Å². The molecule has 0 radical (unpaired) electrons. The van der Waals surface area contributed by atoms with Crippen LogP contribution in [0, 0.1) is 34.5 Å². The van der Waals surface area contributed by atoms with E-state index >= 15 is 0 Å². The van der Waals surface area contributed by atoms with E-state index in [-0.39, 0.29) is 45.7 Å². The van der Waals surface area contributed by atoms with Crippen molar-refractivity contribution in [2.45, 2.75) is 141 Å². The van der Waals surface area contributed by atoms with Gasteiger partial charge in [-0.05, 0) is 93.2 Å². The highest BCUT2D eigenvalue weighted by atomic mass is 16.7. The molecule has 6 aliphatic rings. The molecule has 0 aromatic carbocycles. The first-order valence-corrected chi connectivity index (χ1v) is 16.5. The average molecular weight is 614 g/mol. The Morgan fingerprint density at radius 1 is 1.07 bits per heavy atom. The van der Waals surface area contributed by atoms with E-state index in [2.05, 4.69) is 40.7 Å². The van der Waals surface area contributed by atoms with Crippen molar-refractivity contribution in [2.24, 2.45) is 27.6 Å². The van der Waals surface area contributed by atoms with E-state index in [4.69, 9.17) is 14.5 Å². The molecule has 2 heterocycles. The zero-order valence-electron chi connectivity index (χ0n) is 27.2. The number of hydrogen-bond acceptors (Lipinski definition) is 9. The number of aliphatic hydroxyl groups excluding tert-OH is 5. The lowest BCUT2D eigenvalue weighted by Gasteiger charge is -2.60. The van der Waals surface area contributed by atoms with Gasteiger partial charge in [-0.25, -0.2) is 0 Å². The summed E-state index contributed by atoms with van der Waals surface area (Å²) < 4.78 is 12.0. The van der Waals surface area contributed by atoms with Gasteiger partial charge in [0.25, 0.3) is 0 Å². The summed E-state index contributed by atoms with van der Waals surface area (Å²) in [7, 11) is 0. The molecule has 9 nitrogen and oxygen atoms in total. The highest BCUT2D eigenvalue weighted by Crippen LogP contribution is 2.87. The minimum atomic E-state index is -1.32. The van der Waals surface area contributed by atoms with Gasteiger partial charge in [-0.2, -0.15) is 0 Å². The van der Waals surface area contributed by atoms with Crippen molar-refractivity contribution in [2.75, 3.05) is 6.61 Å². The molecule has 0 bridgehead atoms. The summed E-state index contributed by atoms with van der Waals surface area (Å²) in [5, 5.41) is 64.4. The van der Waals surface area contributed by atoms with E-state index in [1.807, 2.05) is 6.07 Å². The molecule has 44 heavy (non-hydrogen) atoms. The highest BCUT2D eigenvalue weighted by molar-refractivity contribution is 5.56. The molecule has 9 heteroatoms. The van der Waals surface area contributed by atoms with Crippen molar-refractivity contribution in [3.63, 3.8) is 0 Å². The highest BCUT2D eigenvalue weighted by Gasteiger charge is 2.83. The fraction of sp³-hybridized carbons (Fsp3) is 0.800. The Labute approximate surface area is 260 Å². The van der Waals surface area contributed by atoms with Crippen LogP contribution in [-0.2, 0) is 21.3 Å². The van der Waals surface area contributed by atoms with Crippen LogP contribution in [0.5, 0.6) is 0 Å². The average Bonchev–Trinajstić information content (AvgIpc) is 3.56. The van der Waals surface area contributed by atoms with Gasteiger partial charge in [-0.15, -0.1) is 0 Å². The summed E-state index contributed by atoms with van der Waals surface area (Å²) in [4.78, 5) is 4.98. The number of rotatable bonds is 4. The molecule has 1 aliphatic heterocycles. The van der Waals surface area contributed by atoms with Gasteiger partial charge in [-0.1, -0.05) is 39.3 Å². The van der Waals surface area contributed by atoms with E-state index in [1.54, 1.807) is 13.8 Å². The van der Waals surface area contributed by atoms with Crippen molar-refractivity contribution in [3.05, 3.63) is 40.2 Å². The van der Waals surface area contributed by atoms with Crippen LogP contribution in [0.15, 0.2) is 17.7 Å². The zero-order valence-corrected chi connectivity index (χ0v) is 27.2. The van der Waals surface area contributed by atoms with Crippen LogP contribution in [0.2, 0.25) is 0 Å². The number of pyridine rings is 1. The van der Waals surface area contributed by atoms with Gasteiger partial charge >= 0.3 is 0 Å². The molecular weight excluding hydrogens is 562 g/mol. The topological polar surface area (TPSA) is 153 Å². The van der Waals surface area contributed by atoms with Crippen molar-refractivity contribution in [1.82, 2.24) is 4.98 Å². The second-order valence-corrected chi connectivity index (χ2v) is 16.7. The van der Waals surface area contributed by atoms with Crippen LogP contribution in [0.25, 0.3) is 0 Å². The van der Waals surface area contributed by atoms with Crippen LogP contribution in [0.4, 0.5) is 0 Å². The molecular formula is C35H51NO8. The predicted octanol–water partition coefficient (Wildman–Crippen LogP) is 2.75. The van der Waals surface area contributed by atoms with Crippen molar-refractivity contribution < 1.29 is 40.1 Å². The molecule has 1 saturated heterocycles. The fourth-order valence-corrected chi connectivity index (χ4v) is 11.3. The number of ether oxygens (including phenoxy) is 2. The van der Waals surface area contributed by atoms with Crippen LogP contribution >= 0.6 is 0 Å². The number of aryl methyl sites for hydroxylation is 1. The molecule has 7 rings (SSSR count). The normalized spacial score (nSPS) is 47.8. The molecule has 6 N–H and O–H groups in total. The van der Waals surface area contributed by atoms with Crippen molar-refractivity contribution in [1.29, 1.82) is 0 Å². The maximum Gasteiger partial charge on any atom is 0.186 e. The lowest BCUT2D eigenvalue weighted by Crippen LogP contribution is -2.60. The molecule has 12 unspecified atom stereocenters. The van der Waals surface area contributed by atoms with Crippen LogP contribution in [0.3, 0.4) is 0 Å². The molecule has 1 aromatic heterocycles. The van der Waals surface area contributed by atoms with Crippen LogP contribution in [-0.4, -0.2) is 84.6 Å². The SMILES string of the molecule is Cc1cc(C(O)C(C)(C)O)nc2c1C1(C)CC(O)C34CC35CCC(OC3OCC(O)C(O)C3O)C(C)(C)C5CC=C4C1(C)C2. The standard InChI is InChI=1S/C35H51NO8/c1-17-12-18(28(41)31(4,5)42)36-19-13-32(6)22-9-8-21-30(2,3)24(44-29-27(40)26(39)20(37)15-43-29)10-11-34(21)16-35(22,34)23(38)14-33(32,7)25(17)19/h9,12,20-21,23-24,26-29,37-42H,8,10-11,13-16H2,1-7H3. The Balaban J connectivity index is 1.22. The first kappa shape index (κ1) is 31.2. The molecule has 244 valence electrons. The lowest BCUT2D eigenvalue weighted by molar-refractivity contribution is -0.301. The largest absolute Gasteiger partial charge is 0.392 e. The van der Waals surface area contributed by atoms with Gasteiger partial charge < -0.3 is 40.1 Å². The van der Waals surface area contributed by atoms with Gasteiger partial charge in [0, 0.05) is 21.9 Å². The van der Waals surface area contributed by atoms with E-state index in [0.29, 0.717) is 12.1 Å². The minimum absolute atomic E-state index is 0.0501. The Kier molecular flexibility index (Phi) is 6.62. The molecule has 12 atom stereocenters. The first-order valence-electron chi connectivity index (χ1n) is 16.5. The second-order valence-electron chi connectivity index (χ2n) is 16.7. The summed E-state index contributed by atoms with van der Waals surface area (Å²) in [5.74, 6) is 0.258. The first-order chi connectivity index (χ1) is 20.3. The Hall–Kier alpha value is -1.43.